The summed E-state index contributed by atoms with van der Waals surface area (Å²) in [6, 6.07) is 4.19. The molecule has 6 nitrogen and oxygen atoms in total. The van der Waals surface area contributed by atoms with Gasteiger partial charge in [-0.05, 0) is 17.9 Å². The van der Waals surface area contributed by atoms with E-state index in [0.29, 0.717) is 11.1 Å². The molecular formula is C14H21N3O3. The van der Waals surface area contributed by atoms with E-state index in [1.54, 1.807) is 19.1 Å². The Labute approximate surface area is 118 Å². The molecule has 6 heteroatoms. The Hall–Kier alpha value is -1.95. The Kier molecular flexibility index (Phi) is 4.83. The van der Waals surface area contributed by atoms with Crippen molar-refractivity contribution in [2.75, 3.05) is 0 Å². The van der Waals surface area contributed by atoms with Gasteiger partial charge in [0.15, 0.2) is 0 Å². The standard InChI is InChI=1S/C14H21N3O3/c1-9-10(6-5-7-11(9)17(19)20)8-16-13(18)12(15)14(2,3)4/h5-7,12H,8,15H2,1-4H3,(H,16,18). The molecular weight excluding hydrogens is 258 g/mol. The van der Waals surface area contributed by atoms with Crippen molar-refractivity contribution in [1.82, 2.24) is 5.32 Å². The largest absolute Gasteiger partial charge is 0.351 e. The monoisotopic (exact) mass is 279 g/mol. The van der Waals surface area contributed by atoms with Crippen LogP contribution in [-0.2, 0) is 11.3 Å². The van der Waals surface area contributed by atoms with Crippen molar-refractivity contribution in [3.8, 4) is 0 Å². The first-order valence-electron chi connectivity index (χ1n) is 6.40. The highest BCUT2D eigenvalue weighted by molar-refractivity contribution is 5.82. The van der Waals surface area contributed by atoms with Gasteiger partial charge in [-0.1, -0.05) is 32.9 Å². The van der Waals surface area contributed by atoms with Crippen LogP contribution in [0.1, 0.15) is 31.9 Å². The van der Waals surface area contributed by atoms with Crippen molar-refractivity contribution in [3.05, 3.63) is 39.4 Å². The summed E-state index contributed by atoms with van der Waals surface area (Å²) in [7, 11) is 0. The summed E-state index contributed by atoms with van der Waals surface area (Å²) < 4.78 is 0. The molecule has 0 aliphatic carbocycles. The maximum absolute atomic E-state index is 11.9. The maximum Gasteiger partial charge on any atom is 0.272 e. The normalized spacial score (nSPS) is 12.8. The van der Waals surface area contributed by atoms with Crippen LogP contribution >= 0.6 is 0 Å². The molecule has 0 aliphatic heterocycles. The zero-order valence-corrected chi connectivity index (χ0v) is 12.3. The van der Waals surface area contributed by atoms with Crippen LogP contribution in [0, 0.1) is 22.5 Å². The summed E-state index contributed by atoms with van der Waals surface area (Å²) >= 11 is 0. The average Bonchev–Trinajstić information content (AvgIpc) is 2.34. The number of rotatable bonds is 4. The number of amides is 1. The molecule has 0 spiro atoms. The first-order chi connectivity index (χ1) is 9.14. The van der Waals surface area contributed by atoms with E-state index in [1.807, 2.05) is 20.8 Å². The van der Waals surface area contributed by atoms with Crippen LogP contribution in [0.2, 0.25) is 0 Å². The molecule has 3 N–H and O–H groups in total. The Morgan fingerprint density at radius 1 is 1.45 bits per heavy atom. The lowest BCUT2D eigenvalue weighted by molar-refractivity contribution is -0.385. The van der Waals surface area contributed by atoms with Crippen LogP contribution in [0.4, 0.5) is 5.69 Å². The van der Waals surface area contributed by atoms with Gasteiger partial charge in [0, 0.05) is 18.2 Å². The Bertz CT molecular complexity index is 521. The Morgan fingerprint density at radius 3 is 2.55 bits per heavy atom. The fourth-order valence-electron chi connectivity index (χ4n) is 1.74. The summed E-state index contributed by atoms with van der Waals surface area (Å²) in [5, 5.41) is 13.6. The maximum atomic E-state index is 11.9. The van der Waals surface area contributed by atoms with Crippen molar-refractivity contribution < 1.29 is 9.72 Å². The summed E-state index contributed by atoms with van der Waals surface area (Å²) in [4.78, 5) is 22.3. The average molecular weight is 279 g/mol. The van der Waals surface area contributed by atoms with Crippen molar-refractivity contribution in [2.24, 2.45) is 11.1 Å². The SMILES string of the molecule is Cc1c(CNC(=O)C(N)C(C)(C)C)cccc1[N+](=O)[O-]. The molecule has 1 rings (SSSR count). The fourth-order valence-corrected chi connectivity index (χ4v) is 1.74. The summed E-state index contributed by atoms with van der Waals surface area (Å²) in [5.74, 6) is -0.261. The van der Waals surface area contributed by atoms with E-state index in [1.165, 1.54) is 6.07 Å². The number of nitro benzene ring substituents is 1. The lowest BCUT2D eigenvalue weighted by atomic mass is 9.87. The molecule has 0 bridgehead atoms. The second kappa shape index (κ2) is 6.00. The van der Waals surface area contributed by atoms with Crippen molar-refractivity contribution in [3.63, 3.8) is 0 Å². The summed E-state index contributed by atoms with van der Waals surface area (Å²) in [6.45, 7) is 7.56. The lowest BCUT2D eigenvalue weighted by Gasteiger charge is -2.25. The zero-order chi connectivity index (χ0) is 15.5. The molecule has 1 atom stereocenters. The molecule has 1 amide bonds. The second-order valence-corrected chi connectivity index (χ2v) is 5.88. The van der Waals surface area contributed by atoms with Gasteiger partial charge in [-0.2, -0.15) is 0 Å². The molecule has 0 saturated carbocycles. The molecule has 1 aromatic carbocycles. The zero-order valence-electron chi connectivity index (χ0n) is 12.3. The van der Waals surface area contributed by atoms with E-state index in [0.717, 1.165) is 0 Å². The number of nitrogens with two attached hydrogens (primary N) is 1. The van der Waals surface area contributed by atoms with E-state index in [4.69, 9.17) is 5.73 Å². The van der Waals surface area contributed by atoms with Gasteiger partial charge in [0.1, 0.15) is 0 Å². The van der Waals surface area contributed by atoms with Crippen LogP contribution in [-0.4, -0.2) is 16.9 Å². The second-order valence-electron chi connectivity index (χ2n) is 5.88. The fraction of sp³-hybridized carbons (Fsp3) is 0.500. The smallest absolute Gasteiger partial charge is 0.272 e. The van der Waals surface area contributed by atoms with Crippen LogP contribution in [0.25, 0.3) is 0 Å². The Balaban J connectivity index is 2.79. The number of nitrogens with zero attached hydrogens (tertiary/aromatic N) is 1. The molecule has 0 radical (unpaired) electrons. The topological polar surface area (TPSA) is 98.3 Å². The van der Waals surface area contributed by atoms with Crippen molar-refractivity contribution in [1.29, 1.82) is 0 Å². The highest BCUT2D eigenvalue weighted by Gasteiger charge is 2.27. The van der Waals surface area contributed by atoms with Crippen LogP contribution in [0.3, 0.4) is 0 Å². The summed E-state index contributed by atoms with van der Waals surface area (Å²) in [5.41, 5.74) is 6.85. The van der Waals surface area contributed by atoms with Gasteiger partial charge in [-0.15, -0.1) is 0 Å². The highest BCUT2D eigenvalue weighted by atomic mass is 16.6. The number of hydrogen-bond donors (Lipinski definition) is 2. The number of carbonyl (C=O) groups is 1. The van der Waals surface area contributed by atoms with E-state index in [-0.39, 0.29) is 23.6 Å². The minimum atomic E-state index is -0.624. The van der Waals surface area contributed by atoms with Gasteiger partial charge in [0.2, 0.25) is 5.91 Å². The van der Waals surface area contributed by atoms with Crippen LogP contribution in [0.15, 0.2) is 18.2 Å². The summed E-state index contributed by atoms with van der Waals surface area (Å²) in [6.07, 6.45) is 0. The van der Waals surface area contributed by atoms with Crippen molar-refractivity contribution >= 4 is 11.6 Å². The Morgan fingerprint density at radius 2 is 2.05 bits per heavy atom. The number of nitro groups is 1. The molecule has 0 aromatic heterocycles. The lowest BCUT2D eigenvalue weighted by Crippen LogP contribution is -2.48. The van der Waals surface area contributed by atoms with Gasteiger partial charge in [0.25, 0.3) is 5.69 Å². The number of carbonyl (C=O) groups excluding carboxylic acids is 1. The van der Waals surface area contributed by atoms with Gasteiger partial charge >= 0.3 is 0 Å². The molecule has 0 fully saturated rings. The third kappa shape index (κ3) is 3.77. The molecule has 0 heterocycles. The molecule has 1 unspecified atom stereocenters. The number of benzene rings is 1. The quantitative estimate of drug-likeness (QED) is 0.649. The van der Waals surface area contributed by atoms with E-state index >= 15 is 0 Å². The molecule has 20 heavy (non-hydrogen) atoms. The molecule has 0 saturated heterocycles. The minimum absolute atomic E-state index is 0.0527. The molecule has 0 aliphatic rings. The first-order valence-corrected chi connectivity index (χ1v) is 6.40. The molecule has 1 aromatic rings. The predicted molar refractivity (Wildman–Crippen MR) is 77.1 cm³/mol. The highest BCUT2D eigenvalue weighted by Crippen LogP contribution is 2.21. The van der Waals surface area contributed by atoms with E-state index < -0.39 is 11.0 Å². The third-order valence-corrected chi connectivity index (χ3v) is 3.28. The van der Waals surface area contributed by atoms with Gasteiger partial charge in [0.05, 0.1) is 11.0 Å². The number of hydrogen-bond acceptors (Lipinski definition) is 4. The van der Waals surface area contributed by atoms with Gasteiger partial charge < -0.3 is 11.1 Å². The first kappa shape index (κ1) is 16.1. The molecule has 110 valence electrons. The van der Waals surface area contributed by atoms with E-state index in [9.17, 15) is 14.9 Å². The van der Waals surface area contributed by atoms with Crippen LogP contribution < -0.4 is 11.1 Å². The van der Waals surface area contributed by atoms with Gasteiger partial charge in [-0.3, -0.25) is 14.9 Å². The third-order valence-electron chi connectivity index (χ3n) is 3.28. The van der Waals surface area contributed by atoms with Crippen LogP contribution in [0.5, 0.6) is 0 Å². The van der Waals surface area contributed by atoms with E-state index in [2.05, 4.69) is 5.32 Å². The van der Waals surface area contributed by atoms with Crippen molar-refractivity contribution in [2.45, 2.75) is 40.3 Å². The number of nitrogens with one attached hydrogen (secondary N) is 1. The predicted octanol–water partition coefficient (Wildman–Crippen LogP) is 1.89. The van der Waals surface area contributed by atoms with Gasteiger partial charge in [-0.25, -0.2) is 0 Å². The minimum Gasteiger partial charge on any atom is -0.351 e.